The maximum Gasteiger partial charge on any atom is 0.191 e. The molecule has 0 heterocycles. The molecule has 9 heteroatoms. The number of ketones is 6. The molecule has 1 aromatic rings. The molecule has 0 radical (unpaired) electrons. The summed E-state index contributed by atoms with van der Waals surface area (Å²) in [5.41, 5.74) is -6.47. The second-order valence-electron chi connectivity index (χ2n) is 14.7. The van der Waals surface area contributed by atoms with Gasteiger partial charge in [0.15, 0.2) is 34.5 Å². The predicted octanol–water partition coefficient (Wildman–Crippen LogP) is 3.64. The lowest BCUT2D eigenvalue weighted by Crippen LogP contribution is -2.82. The van der Waals surface area contributed by atoms with Crippen molar-refractivity contribution in [2.45, 2.75) is 86.4 Å². The fourth-order valence-corrected chi connectivity index (χ4v) is 8.36. The van der Waals surface area contributed by atoms with Crippen LogP contribution >= 0.6 is 0 Å². The van der Waals surface area contributed by atoms with E-state index in [1.165, 1.54) is 32.1 Å². The minimum atomic E-state index is -3.02. The summed E-state index contributed by atoms with van der Waals surface area (Å²) in [6.07, 6.45) is 1.44. The molecule has 2 saturated carbocycles. The third kappa shape index (κ3) is 4.25. The highest BCUT2D eigenvalue weighted by Gasteiger charge is 2.80. The number of phenolic OH excluding ortho intramolecular Hbond substituents is 1. The van der Waals surface area contributed by atoms with Crippen LogP contribution in [0.15, 0.2) is 18.2 Å². The molecule has 3 aliphatic rings. The molecule has 9 nitrogen and oxygen atoms in total. The van der Waals surface area contributed by atoms with Crippen molar-refractivity contribution < 1.29 is 44.1 Å². The number of rotatable bonds is 5. The number of hydrogen-bond acceptors (Lipinski definition) is 9. The molecule has 3 aliphatic carbocycles. The van der Waals surface area contributed by atoms with Crippen LogP contribution in [0.1, 0.15) is 96.1 Å². The van der Waals surface area contributed by atoms with E-state index in [2.05, 4.69) is 0 Å². The van der Waals surface area contributed by atoms with Gasteiger partial charge in [-0.1, -0.05) is 67.5 Å². The summed E-state index contributed by atoms with van der Waals surface area (Å²) >= 11 is 0. The van der Waals surface area contributed by atoms with Gasteiger partial charge in [-0.05, 0) is 47.4 Å². The molecule has 3 N–H and O–H groups in total. The van der Waals surface area contributed by atoms with Gasteiger partial charge in [-0.15, -0.1) is 0 Å². The van der Waals surface area contributed by atoms with Crippen LogP contribution in [0.5, 0.6) is 5.75 Å². The fourth-order valence-electron chi connectivity index (χ4n) is 8.36. The third-order valence-corrected chi connectivity index (χ3v) is 10.4. The van der Waals surface area contributed by atoms with E-state index in [-0.39, 0.29) is 23.2 Å². The van der Waals surface area contributed by atoms with Crippen LogP contribution in [0.2, 0.25) is 0 Å². The molecule has 0 aromatic heterocycles. The van der Waals surface area contributed by atoms with E-state index in [0.717, 1.165) is 6.92 Å². The maximum absolute atomic E-state index is 14.5. The fraction of sp³-hybridized carbons (Fsp3) is 0.588. The van der Waals surface area contributed by atoms with Gasteiger partial charge < -0.3 is 15.3 Å². The van der Waals surface area contributed by atoms with E-state index in [4.69, 9.17) is 0 Å². The maximum atomic E-state index is 14.5. The number of hydrogen-bond donors (Lipinski definition) is 3. The SMILES string of the molecule is CC(=O)C1C(=O)C(C(C)C)[C@@]2(C)[C@H](O)[C@]3(C)C(C(=O)c4c(O)ccc(/C=C/C(=O)CC(C)(C)C)c4[C@H]3C)C(=O)[C@@]2(O)C1=O. The standard InChI is InChI=1S/C34H42O9/c1-15(2)24-26(38)22(17(4)35)28(40)34(43)29(41)25-27(39)23-20(37)13-11-18(10-12-19(36)14-31(5,6)7)21(23)16(3)32(25,8)30(42)33(24,34)9/h10-13,15-16,22,24-25,30,37,42-43H,14H2,1-9H3/b12-10+/t16-,22?,24?,25?,30-,32+,33+,34+/m1/s1. The van der Waals surface area contributed by atoms with Crippen LogP contribution in [-0.4, -0.2) is 61.7 Å². The molecule has 232 valence electrons. The summed E-state index contributed by atoms with van der Waals surface area (Å²) in [4.78, 5) is 81.4. The lowest BCUT2D eigenvalue weighted by Gasteiger charge is -2.65. The summed E-state index contributed by atoms with van der Waals surface area (Å²) in [6.45, 7) is 14.6. The van der Waals surface area contributed by atoms with Gasteiger partial charge in [0.05, 0.1) is 17.6 Å². The molecule has 1 aromatic carbocycles. The van der Waals surface area contributed by atoms with Gasteiger partial charge in [-0.3, -0.25) is 28.8 Å². The molecule has 0 saturated heterocycles. The zero-order valence-electron chi connectivity index (χ0n) is 26.3. The average molecular weight is 595 g/mol. The monoisotopic (exact) mass is 594 g/mol. The second kappa shape index (κ2) is 10.1. The molecule has 4 rings (SSSR count). The van der Waals surface area contributed by atoms with Crippen LogP contribution in [0.25, 0.3) is 6.08 Å². The lowest BCUT2D eigenvalue weighted by atomic mass is 9.37. The van der Waals surface area contributed by atoms with Crippen LogP contribution in [0, 0.1) is 39.9 Å². The number of aliphatic hydroxyl groups is 2. The number of phenols is 1. The van der Waals surface area contributed by atoms with Crippen molar-refractivity contribution in [3.8, 4) is 5.75 Å². The molecule has 2 fully saturated rings. The van der Waals surface area contributed by atoms with E-state index < -0.39 is 86.8 Å². The van der Waals surface area contributed by atoms with Crippen molar-refractivity contribution in [2.75, 3.05) is 0 Å². The van der Waals surface area contributed by atoms with E-state index >= 15 is 0 Å². The van der Waals surface area contributed by atoms with Crippen molar-refractivity contribution in [2.24, 2.45) is 39.9 Å². The first-order valence-corrected chi connectivity index (χ1v) is 14.7. The first-order valence-electron chi connectivity index (χ1n) is 14.7. The van der Waals surface area contributed by atoms with E-state index in [1.54, 1.807) is 26.8 Å². The van der Waals surface area contributed by atoms with Gasteiger partial charge in [-0.25, -0.2) is 0 Å². The van der Waals surface area contributed by atoms with Crippen LogP contribution < -0.4 is 0 Å². The first-order chi connectivity index (χ1) is 19.6. The molecule has 43 heavy (non-hydrogen) atoms. The number of carbonyl (C=O) groups excluding carboxylic acids is 6. The van der Waals surface area contributed by atoms with Gasteiger partial charge >= 0.3 is 0 Å². The minimum absolute atomic E-state index is 0.155. The molecule has 0 spiro atoms. The number of carbonyl (C=O) groups is 6. The predicted molar refractivity (Wildman–Crippen MR) is 157 cm³/mol. The molecular formula is C34H42O9. The van der Waals surface area contributed by atoms with Crippen LogP contribution in [-0.2, 0) is 24.0 Å². The first kappa shape index (κ1) is 32.6. The Morgan fingerprint density at radius 2 is 1.63 bits per heavy atom. The van der Waals surface area contributed by atoms with Crippen molar-refractivity contribution in [3.05, 3.63) is 34.9 Å². The van der Waals surface area contributed by atoms with E-state index in [1.807, 2.05) is 20.8 Å². The van der Waals surface area contributed by atoms with Gasteiger partial charge in [-0.2, -0.15) is 0 Å². The molecular weight excluding hydrogens is 552 g/mol. The Hall–Kier alpha value is -3.30. The number of allylic oxidation sites excluding steroid dienone is 1. The Balaban J connectivity index is 1.99. The average Bonchev–Trinajstić information content (AvgIpc) is 2.87. The largest absolute Gasteiger partial charge is 0.507 e. The minimum Gasteiger partial charge on any atom is -0.507 e. The summed E-state index contributed by atoms with van der Waals surface area (Å²) in [6, 6.07) is 2.81. The normalized spacial score (nSPS) is 36.0. The Morgan fingerprint density at radius 1 is 1.05 bits per heavy atom. The molecule has 8 atom stereocenters. The number of fused-ring (bicyclic) bond motifs is 3. The lowest BCUT2D eigenvalue weighted by molar-refractivity contribution is -0.240. The number of aliphatic hydroxyl groups excluding tert-OH is 1. The Kier molecular flexibility index (Phi) is 7.68. The zero-order chi connectivity index (χ0) is 32.8. The Labute approximate surface area is 251 Å². The Morgan fingerprint density at radius 3 is 2.14 bits per heavy atom. The summed E-state index contributed by atoms with van der Waals surface area (Å²) in [7, 11) is 0. The van der Waals surface area contributed by atoms with Gasteiger partial charge in [0.1, 0.15) is 17.5 Å². The summed E-state index contributed by atoms with van der Waals surface area (Å²) < 4.78 is 0. The topological polar surface area (TPSA) is 163 Å². The van der Waals surface area contributed by atoms with Gasteiger partial charge in [0, 0.05) is 23.2 Å². The number of benzene rings is 1. The van der Waals surface area contributed by atoms with Crippen molar-refractivity contribution in [1.29, 1.82) is 0 Å². The van der Waals surface area contributed by atoms with Gasteiger partial charge in [0.2, 0.25) is 0 Å². The van der Waals surface area contributed by atoms with Crippen LogP contribution in [0.4, 0.5) is 0 Å². The zero-order valence-corrected chi connectivity index (χ0v) is 26.3. The van der Waals surface area contributed by atoms with E-state index in [9.17, 15) is 44.1 Å². The van der Waals surface area contributed by atoms with E-state index in [0.29, 0.717) is 11.1 Å². The summed E-state index contributed by atoms with van der Waals surface area (Å²) in [5.74, 6) is -12.0. The summed E-state index contributed by atoms with van der Waals surface area (Å²) in [5, 5.41) is 35.4. The molecule has 0 amide bonds. The van der Waals surface area contributed by atoms with Crippen molar-refractivity contribution >= 4 is 40.8 Å². The highest BCUT2D eigenvalue weighted by atomic mass is 16.3. The molecule has 0 bridgehead atoms. The Bertz CT molecular complexity index is 1490. The highest BCUT2D eigenvalue weighted by molar-refractivity contribution is 6.33. The smallest absolute Gasteiger partial charge is 0.191 e. The van der Waals surface area contributed by atoms with Gasteiger partial charge in [0.25, 0.3) is 0 Å². The quantitative estimate of drug-likeness (QED) is 0.341. The third-order valence-electron chi connectivity index (χ3n) is 10.4. The van der Waals surface area contributed by atoms with Crippen molar-refractivity contribution in [3.63, 3.8) is 0 Å². The second-order valence-corrected chi connectivity index (χ2v) is 14.7. The number of aromatic hydroxyl groups is 1. The molecule has 0 aliphatic heterocycles. The van der Waals surface area contributed by atoms with Crippen LogP contribution in [0.3, 0.4) is 0 Å². The highest BCUT2D eigenvalue weighted by Crippen LogP contribution is 2.66. The number of Topliss-reactive ketones (excluding diaryl/α,β-unsaturated/α-hetero) is 5. The molecule has 3 unspecified atom stereocenters. The van der Waals surface area contributed by atoms with Crippen molar-refractivity contribution in [1.82, 2.24) is 0 Å².